The standard InChI is InChI=1S/C28H28F3NO4/c1-3-4-25(36-23-13-14-24(18(2)17-23)27(35)32-16-15-26(33)34)21-7-5-19(6-8-21)20-9-11-22(12-10-20)28(29,30)31/h5-14,17,25H,3-4,15-16H2,1-2H3,(H,32,35)(H,33,34)/t25-/m1/s1. The summed E-state index contributed by atoms with van der Waals surface area (Å²) in [6.45, 7) is 3.88. The number of hydrogen-bond acceptors (Lipinski definition) is 3. The summed E-state index contributed by atoms with van der Waals surface area (Å²) in [6, 6.07) is 17.7. The van der Waals surface area contributed by atoms with Crippen LogP contribution in [-0.4, -0.2) is 23.5 Å². The van der Waals surface area contributed by atoms with Gasteiger partial charge in [-0.2, -0.15) is 13.2 Å². The molecule has 3 rings (SSSR count). The Labute approximate surface area is 207 Å². The second kappa shape index (κ2) is 11.7. The third kappa shape index (κ3) is 7.10. The average Bonchev–Trinajstić information content (AvgIpc) is 2.83. The fourth-order valence-electron chi connectivity index (χ4n) is 3.80. The Morgan fingerprint density at radius 3 is 2.11 bits per heavy atom. The van der Waals surface area contributed by atoms with Crippen molar-refractivity contribution >= 4 is 11.9 Å². The molecule has 1 atom stereocenters. The monoisotopic (exact) mass is 499 g/mol. The maximum absolute atomic E-state index is 12.8. The number of amides is 1. The zero-order valence-corrected chi connectivity index (χ0v) is 20.1. The number of alkyl halides is 3. The summed E-state index contributed by atoms with van der Waals surface area (Å²) >= 11 is 0. The lowest BCUT2D eigenvalue weighted by Crippen LogP contribution is -2.26. The number of carboxylic acids is 1. The van der Waals surface area contributed by atoms with E-state index in [0.717, 1.165) is 36.1 Å². The number of carboxylic acid groups (broad SMARTS) is 1. The van der Waals surface area contributed by atoms with Crippen LogP contribution in [0.5, 0.6) is 5.75 Å². The van der Waals surface area contributed by atoms with E-state index in [0.29, 0.717) is 22.4 Å². The van der Waals surface area contributed by atoms with Crippen LogP contribution in [-0.2, 0) is 11.0 Å². The highest BCUT2D eigenvalue weighted by atomic mass is 19.4. The molecule has 0 aromatic heterocycles. The molecule has 0 radical (unpaired) electrons. The van der Waals surface area contributed by atoms with E-state index in [1.165, 1.54) is 12.1 Å². The molecule has 0 heterocycles. The highest BCUT2D eigenvalue weighted by Gasteiger charge is 2.30. The van der Waals surface area contributed by atoms with Crippen LogP contribution in [0.3, 0.4) is 0 Å². The zero-order chi connectivity index (χ0) is 26.3. The van der Waals surface area contributed by atoms with E-state index in [1.54, 1.807) is 25.1 Å². The third-order valence-corrected chi connectivity index (χ3v) is 5.72. The van der Waals surface area contributed by atoms with E-state index in [-0.39, 0.29) is 25.0 Å². The quantitative estimate of drug-likeness (QED) is 0.322. The van der Waals surface area contributed by atoms with E-state index in [1.807, 2.05) is 31.2 Å². The lowest BCUT2D eigenvalue weighted by Gasteiger charge is -2.20. The number of ether oxygens (including phenoxy) is 1. The predicted octanol–water partition coefficient (Wildman–Crippen LogP) is 6.81. The maximum atomic E-state index is 12.8. The molecular weight excluding hydrogens is 471 g/mol. The van der Waals surface area contributed by atoms with E-state index >= 15 is 0 Å². The maximum Gasteiger partial charge on any atom is 0.416 e. The molecule has 0 aliphatic heterocycles. The average molecular weight is 500 g/mol. The van der Waals surface area contributed by atoms with Crippen molar-refractivity contribution in [1.82, 2.24) is 5.32 Å². The van der Waals surface area contributed by atoms with Crippen molar-refractivity contribution in [3.8, 4) is 16.9 Å². The van der Waals surface area contributed by atoms with Gasteiger partial charge in [0.05, 0.1) is 12.0 Å². The first-order valence-electron chi connectivity index (χ1n) is 11.6. The van der Waals surface area contributed by atoms with Gasteiger partial charge in [-0.15, -0.1) is 0 Å². The number of carbonyl (C=O) groups is 2. The number of halogens is 3. The summed E-state index contributed by atoms with van der Waals surface area (Å²) in [4.78, 5) is 23.0. The molecule has 3 aromatic rings. The van der Waals surface area contributed by atoms with Crippen LogP contribution in [0.25, 0.3) is 11.1 Å². The normalized spacial score (nSPS) is 12.1. The summed E-state index contributed by atoms with van der Waals surface area (Å²) in [5, 5.41) is 11.3. The van der Waals surface area contributed by atoms with Crippen LogP contribution in [0.1, 0.15) is 59.3 Å². The minimum Gasteiger partial charge on any atom is -0.486 e. The highest BCUT2D eigenvalue weighted by Crippen LogP contribution is 2.32. The van der Waals surface area contributed by atoms with Gasteiger partial charge in [-0.05, 0) is 65.9 Å². The predicted molar refractivity (Wildman–Crippen MR) is 131 cm³/mol. The SMILES string of the molecule is CCC[C@@H](Oc1ccc(C(=O)NCCC(=O)O)c(C)c1)c1ccc(-c2ccc(C(F)(F)F)cc2)cc1. The first-order chi connectivity index (χ1) is 17.1. The van der Waals surface area contributed by atoms with Crippen molar-refractivity contribution in [1.29, 1.82) is 0 Å². The molecule has 0 aliphatic carbocycles. The minimum atomic E-state index is -4.37. The number of aryl methyl sites for hydroxylation is 1. The molecule has 5 nitrogen and oxygen atoms in total. The van der Waals surface area contributed by atoms with Crippen LogP contribution in [0.2, 0.25) is 0 Å². The van der Waals surface area contributed by atoms with Gasteiger partial charge in [-0.1, -0.05) is 49.7 Å². The van der Waals surface area contributed by atoms with Crippen LogP contribution < -0.4 is 10.1 Å². The van der Waals surface area contributed by atoms with Gasteiger partial charge in [0, 0.05) is 12.1 Å². The smallest absolute Gasteiger partial charge is 0.416 e. The fraction of sp³-hybridized carbons (Fsp3) is 0.286. The summed E-state index contributed by atoms with van der Waals surface area (Å²) in [7, 11) is 0. The van der Waals surface area contributed by atoms with Gasteiger partial charge in [0.2, 0.25) is 0 Å². The van der Waals surface area contributed by atoms with Crippen molar-refractivity contribution in [2.45, 2.75) is 45.4 Å². The van der Waals surface area contributed by atoms with Gasteiger partial charge >= 0.3 is 12.1 Å². The molecule has 2 N–H and O–H groups in total. The molecule has 0 saturated heterocycles. The largest absolute Gasteiger partial charge is 0.486 e. The van der Waals surface area contributed by atoms with Gasteiger partial charge < -0.3 is 15.2 Å². The van der Waals surface area contributed by atoms with Crippen LogP contribution >= 0.6 is 0 Å². The second-order valence-corrected chi connectivity index (χ2v) is 8.47. The molecule has 0 spiro atoms. The topological polar surface area (TPSA) is 75.6 Å². The van der Waals surface area contributed by atoms with E-state index in [4.69, 9.17) is 9.84 Å². The second-order valence-electron chi connectivity index (χ2n) is 8.47. The Morgan fingerprint density at radius 2 is 1.58 bits per heavy atom. The first kappa shape index (κ1) is 26.8. The molecule has 0 fully saturated rings. The Hall–Kier alpha value is -3.81. The molecule has 190 valence electrons. The molecular formula is C28H28F3NO4. The Kier molecular flexibility index (Phi) is 8.74. The van der Waals surface area contributed by atoms with Crippen molar-refractivity contribution < 1.29 is 32.6 Å². The van der Waals surface area contributed by atoms with Crippen molar-refractivity contribution in [2.75, 3.05) is 6.54 Å². The molecule has 0 saturated carbocycles. The van der Waals surface area contributed by atoms with E-state index < -0.39 is 17.7 Å². The minimum absolute atomic E-state index is 0.0485. The molecule has 3 aromatic carbocycles. The van der Waals surface area contributed by atoms with Gasteiger partial charge in [0.15, 0.2) is 0 Å². The number of rotatable bonds is 10. The van der Waals surface area contributed by atoms with Gasteiger partial charge in [-0.25, -0.2) is 0 Å². The van der Waals surface area contributed by atoms with Gasteiger partial charge in [0.25, 0.3) is 5.91 Å². The summed E-state index contributed by atoms with van der Waals surface area (Å²) in [5.41, 5.74) is 2.89. The third-order valence-electron chi connectivity index (χ3n) is 5.72. The summed E-state index contributed by atoms with van der Waals surface area (Å²) < 4.78 is 44.7. The van der Waals surface area contributed by atoms with Crippen molar-refractivity contribution in [2.24, 2.45) is 0 Å². The molecule has 0 aliphatic rings. The van der Waals surface area contributed by atoms with Crippen molar-refractivity contribution in [3.05, 3.63) is 89.0 Å². The Balaban J connectivity index is 1.71. The lowest BCUT2D eigenvalue weighted by molar-refractivity contribution is -0.138. The number of aliphatic carboxylic acids is 1. The highest BCUT2D eigenvalue weighted by molar-refractivity contribution is 5.95. The zero-order valence-electron chi connectivity index (χ0n) is 20.1. The van der Waals surface area contributed by atoms with Crippen LogP contribution in [0.15, 0.2) is 66.7 Å². The van der Waals surface area contributed by atoms with Gasteiger partial charge in [-0.3, -0.25) is 9.59 Å². The van der Waals surface area contributed by atoms with Crippen molar-refractivity contribution in [3.63, 3.8) is 0 Å². The molecule has 0 bridgehead atoms. The Morgan fingerprint density at radius 1 is 0.972 bits per heavy atom. The Bertz CT molecular complexity index is 1190. The number of carbonyl (C=O) groups excluding carboxylic acids is 1. The summed E-state index contributed by atoms with van der Waals surface area (Å²) in [5.74, 6) is -0.728. The van der Waals surface area contributed by atoms with E-state index in [2.05, 4.69) is 5.32 Å². The molecule has 8 heteroatoms. The van der Waals surface area contributed by atoms with E-state index in [9.17, 15) is 22.8 Å². The first-order valence-corrected chi connectivity index (χ1v) is 11.6. The van der Waals surface area contributed by atoms with Crippen LogP contribution in [0.4, 0.5) is 13.2 Å². The fourth-order valence-corrected chi connectivity index (χ4v) is 3.80. The lowest BCUT2D eigenvalue weighted by atomic mass is 9.99. The summed E-state index contributed by atoms with van der Waals surface area (Å²) in [6.07, 6.45) is -3.15. The number of hydrogen-bond donors (Lipinski definition) is 2. The number of benzene rings is 3. The van der Waals surface area contributed by atoms with Crippen LogP contribution in [0, 0.1) is 6.92 Å². The number of nitrogens with one attached hydrogen (secondary N) is 1. The molecule has 1 amide bonds. The molecule has 0 unspecified atom stereocenters. The van der Waals surface area contributed by atoms with Gasteiger partial charge in [0.1, 0.15) is 11.9 Å². The molecule has 36 heavy (non-hydrogen) atoms.